The molecule has 0 heterocycles. The topological polar surface area (TPSA) is 32.3 Å². The molecule has 124 valence electrons. The molecule has 3 unspecified atom stereocenters. The third-order valence-electron chi connectivity index (χ3n) is 5.23. The molecule has 1 aromatic rings. The molecule has 0 aromatic heterocycles. The van der Waals surface area contributed by atoms with Crippen molar-refractivity contribution >= 4 is 6.03 Å². The maximum Gasteiger partial charge on any atom is 0.317 e. The Labute approximate surface area is 139 Å². The van der Waals surface area contributed by atoms with E-state index in [0.717, 1.165) is 37.4 Å². The van der Waals surface area contributed by atoms with Crippen LogP contribution in [0.2, 0.25) is 0 Å². The lowest BCUT2D eigenvalue weighted by Gasteiger charge is -2.29. The van der Waals surface area contributed by atoms with Crippen molar-refractivity contribution < 1.29 is 4.79 Å². The van der Waals surface area contributed by atoms with Gasteiger partial charge in [0.05, 0.1) is 0 Å². The van der Waals surface area contributed by atoms with Crippen molar-refractivity contribution in [2.45, 2.75) is 39.2 Å². The van der Waals surface area contributed by atoms with Crippen molar-refractivity contribution in [2.75, 3.05) is 13.1 Å². The molecule has 3 nitrogen and oxygen atoms in total. The van der Waals surface area contributed by atoms with Gasteiger partial charge in [0.2, 0.25) is 0 Å². The first kappa shape index (κ1) is 16.1. The molecular formula is C20H28N2O. The Morgan fingerprint density at radius 3 is 2.70 bits per heavy atom. The Morgan fingerprint density at radius 2 is 2.04 bits per heavy atom. The van der Waals surface area contributed by atoms with Crippen molar-refractivity contribution in [3.8, 4) is 0 Å². The lowest BCUT2D eigenvalue weighted by atomic mass is 9.93. The number of fused-ring (bicyclic) bond motifs is 2. The zero-order chi connectivity index (χ0) is 16.1. The number of carbonyl (C=O) groups is 1. The maximum absolute atomic E-state index is 12.6. The number of carbonyl (C=O) groups excluding carboxylic acids is 1. The second kappa shape index (κ2) is 7.67. The van der Waals surface area contributed by atoms with Crippen molar-refractivity contribution in [2.24, 2.45) is 17.8 Å². The number of unbranched alkanes of at least 4 members (excludes halogenated alkanes) is 1. The first-order valence-electron chi connectivity index (χ1n) is 9.01. The normalized spacial score (nSPS) is 24.8. The van der Waals surface area contributed by atoms with Gasteiger partial charge in [0.25, 0.3) is 0 Å². The van der Waals surface area contributed by atoms with Gasteiger partial charge in [-0.1, -0.05) is 55.8 Å². The van der Waals surface area contributed by atoms with Gasteiger partial charge < -0.3 is 10.2 Å². The molecule has 2 bridgehead atoms. The molecule has 1 N–H and O–H groups in total. The Hall–Kier alpha value is -1.77. The first-order chi connectivity index (χ1) is 11.3. The van der Waals surface area contributed by atoms with E-state index in [-0.39, 0.29) is 6.03 Å². The minimum atomic E-state index is 0.0917. The standard InChI is InChI=1S/C20H28N2O/c1-2-3-11-22(15-19-13-17-9-10-18(19)12-17)20(23)21-14-16-7-5-4-6-8-16/h4-10,17-19H,2-3,11-15H2,1H3,(H,21,23). The van der Waals surface area contributed by atoms with E-state index < -0.39 is 0 Å². The number of amides is 2. The first-order valence-corrected chi connectivity index (χ1v) is 9.01. The second-order valence-corrected chi connectivity index (χ2v) is 6.98. The SMILES string of the molecule is CCCCN(CC1CC2C=CC1C2)C(=O)NCc1ccccc1. The van der Waals surface area contributed by atoms with Gasteiger partial charge in [-0.05, 0) is 42.6 Å². The quantitative estimate of drug-likeness (QED) is 0.752. The molecule has 0 radical (unpaired) electrons. The average molecular weight is 312 g/mol. The fourth-order valence-corrected chi connectivity index (χ4v) is 3.90. The molecule has 3 heteroatoms. The molecule has 23 heavy (non-hydrogen) atoms. The van der Waals surface area contributed by atoms with Gasteiger partial charge in [-0.15, -0.1) is 0 Å². The molecule has 1 fully saturated rings. The lowest BCUT2D eigenvalue weighted by molar-refractivity contribution is 0.181. The van der Waals surface area contributed by atoms with Gasteiger partial charge >= 0.3 is 6.03 Å². The number of rotatable bonds is 7. The monoisotopic (exact) mass is 312 g/mol. The van der Waals surface area contributed by atoms with Crippen LogP contribution in [-0.4, -0.2) is 24.0 Å². The zero-order valence-corrected chi connectivity index (χ0v) is 14.1. The van der Waals surface area contributed by atoms with Crippen molar-refractivity contribution in [1.82, 2.24) is 10.2 Å². The van der Waals surface area contributed by atoms with E-state index >= 15 is 0 Å². The number of hydrogen-bond acceptors (Lipinski definition) is 1. The number of urea groups is 1. The van der Waals surface area contributed by atoms with Crippen LogP contribution in [0.25, 0.3) is 0 Å². The summed E-state index contributed by atoms with van der Waals surface area (Å²) >= 11 is 0. The largest absolute Gasteiger partial charge is 0.334 e. The van der Waals surface area contributed by atoms with E-state index in [1.165, 1.54) is 12.8 Å². The summed E-state index contributed by atoms with van der Waals surface area (Å²) in [5.41, 5.74) is 1.15. The Morgan fingerprint density at radius 1 is 1.22 bits per heavy atom. The molecule has 2 aliphatic rings. The van der Waals surface area contributed by atoms with Crippen molar-refractivity contribution in [1.29, 1.82) is 0 Å². The maximum atomic E-state index is 12.6. The summed E-state index contributed by atoms with van der Waals surface area (Å²) in [6, 6.07) is 10.2. The number of nitrogens with zero attached hydrogens (tertiary/aromatic N) is 1. The van der Waals surface area contributed by atoms with Gasteiger partial charge in [0, 0.05) is 19.6 Å². The van der Waals surface area contributed by atoms with E-state index in [2.05, 4.69) is 36.5 Å². The predicted octanol–water partition coefficient (Wildman–Crippen LogP) is 4.21. The van der Waals surface area contributed by atoms with E-state index in [1.807, 2.05) is 23.1 Å². The van der Waals surface area contributed by atoms with Crippen LogP contribution in [0.3, 0.4) is 0 Å². The number of hydrogen-bond donors (Lipinski definition) is 1. The number of nitrogens with one attached hydrogen (secondary N) is 1. The summed E-state index contributed by atoms with van der Waals surface area (Å²) < 4.78 is 0. The molecule has 0 spiro atoms. The fraction of sp³-hybridized carbons (Fsp3) is 0.550. The third kappa shape index (κ3) is 4.15. The highest BCUT2D eigenvalue weighted by Crippen LogP contribution is 2.43. The molecule has 0 saturated heterocycles. The molecule has 3 atom stereocenters. The van der Waals surface area contributed by atoms with Crippen LogP contribution < -0.4 is 5.32 Å². The van der Waals surface area contributed by atoms with Crippen LogP contribution in [0.5, 0.6) is 0 Å². The van der Waals surface area contributed by atoms with Gasteiger partial charge in [0.15, 0.2) is 0 Å². The van der Waals surface area contributed by atoms with Gasteiger partial charge in [-0.3, -0.25) is 0 Å². The van der Waals surface area contributed by atoms with E-state index in [9.17, 15) is 4.79 Å². The Bertz CT molecular complexity index is 540. The highest BCUT2D eigenvalue weighted by molar-refractivity contribution is 5.74. The highest BCUT2D eigenvalue weighted by atomic mass is 16.2. The molecule has 3 rings (SSSR count). The zero-order valence-electron chi connectivity index (χ0n) is 14.1. The summed E-state index contributed by atoms with van der Waals surface area (Å²) in [6.07, 6.45) is 9.51. The summed E-state index contributed by atoms with van der Waals surface area (Å²) in [4.78, 5) is 14.7. The Balaban J connectivity index is 1.54. The minimum absolute atomic E-state index is 0.0917. The van der Waals surface area contributed by atoms with Crippen LogP contribution in [0.1, 0.15) is 38.2 Å². The van der Waals surface area contributed by atoms with Gasteiger partial charge in [0.1, 0.15) is 0 Å². The summed E-state index contributed by atoms with van der Waals surface area (Å²) in [5.74, 6) is 2.13. The van der Waals surface area contributed by atoms with Gasteiger partial charge in [-0.2, -0.15) is 0 Å². The van der Waals surface area contributed by atoms with Crippen LogP contribution in [0.4, 0.5) is 4.79 Å². The number of benzene rings is 1. The predicted molar refractivity (Wildman–Crippen MR) is 94.0 cm³/mol. The molecule has 1 saturated carbocycles. The smallest absolute Gasteiger partial charge is 0.317 e. The van der Waals surface area contributed by atoms with Crippen molar-refractivity contribution in [3.63, 3.8) is 0 Å². The van der Waals surface area contributed by atoms with E-state index in [1.54, 1.807) is 0 Å². The number of allylic oxidation sites excluding steroid dienone is 2. The molecule has 2 aliphatic carbocycles. The summed E-state index contributed by atoms with van der Waals surface area (Å²) in [6.45, 7) is 4.57. The van der Waals surface area contributed by atoms with Gasteiger partial charge in [-0.25, -0.2) is 4.79 Å². The molecule has 2 amide bonds. The average Bonchev–Trinajstić information content (AvgIpc) is 3.20. The fourth-order valence-electron chi connectivity index (χ4n) is 3.90. The van der Waals surface area contributed by atoms with Crippen LogP contribution >= 0.6 is 0 Å². The van der Waals surface area contributed by atoms with Crippen LogP contribution in [0, 0.1) is 17.8 Å². The lowest BCUT2D eigenvalue weighted by Crippen LogP contribution is -2.43. The Kier molecular flexibility index (Phi) is 5.37. The summed E-state index contributed by atoms with van der Waals surface area (Å²) in [5, 5.41) is 3.09. The molecule has 1 aromatic carbocycles. The minimum Gasteiger partial charge on any atom is -0.334 e. The molecule has 0 aliphatic heterocycles. The second-order valence-electron chi connectivity index (χ2n) is 6.98. The van der Waals surface area contributed by atoms with Crippen LogP contribution in [-0.2, 0) is 6.54 Å². The third-order valence-corrected chi connectivity index (χ3v) is 5.23. The van der Waals surface area contributed by atoms with Crippen LogP contribution in [0.15, 0.2) is 42.5 Å². The highest BCUT2D eigenvalue weighted by Gasteiger charge is 2.36. The summed E-state index contributed by atoms with van der Waals surface area (Å²) in [7, 11) is 0. The van der Waals surface area contributed by atoms with E-state index in [0.29, 0.717) is 18.4 Å². The van der Waals surface area contributed by atoms with E-state index in [4.69, 9.17) is 0 Å². The van der Waals surface area contributed by atoms with Crippen molar-refractivity contribution in [3.05, 3.63) is 48.0 Å². The molecular weight excluding hydrogens is 284 g/mol.